The quantitative estimate of drug-likeness (QED) is 0.919. The molecule has 1 N–H and O–H groups in total. The van der Waals surface area contributed by atoms with E-state index in [4.69, 9.17) is 0 Å². The van der Waals surface area contributed by atoms with Crippen molar-refractivity contribution in [2.45, 2.75) is 12.7 Å². The summed E-state index contributed by atoms with van der Waals surface area (Å²) in [4.78, 5) is 3.46. The van der Waals surface area contributed by atoms with Gasteiger partial charge in [0.1, 0.15) is 5.69 Å². The molecule has 0 amide bonds. The van der Waals surface area contributed by atoms with Crippen LogP contribution in [-0.2, 0) is 12.7 Å². The summed E-state index contributed by atoms with van der Waals surface area (Å²) < 4.78 is 37.2. The molecule has 0 fully saturated rings. The van der Waals surface area contributed by atoms with Gasteiger partial charge in [-0.1, -0.05) is 24.3 Å². The van der Waals surface area contributed by atoms with E-state index in [9.17, 15) is 13.2 Å². The van der Waals surface area contributed by atoms with Crippen molar-refractivity contribution in [1.82, 2.24) is 10.3 Å². The van der Waals surface area contributed by atoms with E-state index in [0.717, 1.165) is 17.2 Å². The summed E-state index contributed by atoms with van der Waals surface area (Å²) >= 11 is 0. The van der Waals surface area contributed by atoms with E-state index in [1.54, 1.807) is 0 Å². The molecule has 1 aromatic heterocycles. The van der Waals surface area contributed by atoms with E-state index in [2.05, 4.69) is 10.3 Å². The molecule has 0 atom stereocenters. The van der Waals surface area contributed by atoms with E-state index in [1.807, 2.05) is 31.3 Å². The zero-order valence-corrected chi connectivity index (χ0v) is 10.3. The Balaban J connectivity index is 2.29. The maximum Gasteiger partial charge on any atom is 0.433 e. The van der Waals surface area contributed by atoms with Crippen molar-refractivity contribution < 1.29 is 13.2 Å². The Morgan fingerprint density at radius 3 is 2.47 bits per heavy atom. The van der Waals surface area contributed by atoms with Gasteiger partial charge in [-0.3, -0.25) is 4.98 Å². The second kappa shape index (κ2) is 5.40. The van der Waals surface area contributed by atoms with Gasteiger partial charge in [-0.15, -0.1) is 0 Å². The average Bonchev–Trinajstić information content (AvgIpc) is 2.39. The molecule has 1 heterocycles. The van der Waals surface area contributed by atoms with Crippen molar-refractivity contribution >= 4 is 0 Å². The number of rotatable bonds is 3. The molecule has 0 spiro atoms. The highest BCUT2D eigenvalue weighted by Gasteiger charge is 2.31. The summed E-state index contributed by atoms with van der Waals surface area (Å²) in [5, 5.41) is 3.03. The van der Waals surface area contributed by atoms with Gasteiger partial charge in [-0.2, -0.15) is 13.2 Å². The molecular formula is C14H13F3N2. The van der Waals surface area contributed by atoms with Crippen LogP contribution in [0.3, 0.4) is 0 Å². The lowest BCUT2D eigenvalue weighted by Crippen LogP contribution is -2.07. The Kier molecular flexibility index (Phi) is 3.85. The molecular weight excluding hydrogens is 253 g/mol. The molecule has 2 nitrogen and oxygen atoms in total. The van der Waals surface area contributed by atoms with Crippen LogP contribution in [0.15, 0.2) is 42.6 Å². The number of aromatic nitrogens is 1. The number of nitrogens with zero attached hydrogens (tertiary/aromatic N) is 1. The van der Waals surface area contributed by atoms with Crippen LogP contribution < -0.4 is 5.32 Å². The largest absolute Gasteiger partial charge is 0.433 e. The van der Waals surface area contributed by atoms with E-state index < -0.39 is 11.9 Å². The van der Waals surface area contributed by atoms with Crippen LogP contribution in [0.4, 0.5) is 13.2 Å². The van der Waals surface area contributed by atoms with Crippen molar-refractivity contribution in [3.05, 3.63) is 53.9 Å². The Labute approximate surface area is 109 Å². The molecule has 100 valence electrons. The molecule has 2 aromatic rings. The number of pyridine rings is 1. The number of halogens is 3. The van der Waals surface area contributed by atoms with Crippen molar-refractivity contribution in [2.75, 3.05) is 7.05 Å². The van der Waals surface area contributed by atoms with Gasteiger partial charge in [0.05, 0.1) is 0 Å². The summed E-state index contributed by atoms with van der Waals surface area (Å²) in [5.41, 5.74) is 1.72. The Hall–Kier alpha value is -1.88. The SMILES string of the molecule is CNCc1cccc(-c2ccc(C(F)(F)F)nc2)c1. The lowest BCUT2D eigenvalue weighted by atomic mass is 10.0. The zero-order chi connectivity index (χ0) is 13.9. The van der Waals surface area contributed by atoms with Crippen LogP contribution in [0, 0.1) is 0 Å². The summed E-state index contributed by atoms with van der Waals surface area (Å²) in [6, 6.07) is 10.1. The summed E-state index contributed by atoms with van der Waals surface area (Å²) in [7, 11) is 1.84. The Morgan fingerprint density at radius 2 is 1.89 bits per heavy atom. The molecule has 0 aliphatic rings. The van der Waals surface area contributed by atoms with Gasteiger partial charge in [0.25, 0.3) is 0 Å². The van der Waals surface area contributed by atoms with Gasteiger partial charge in [-0.25, -0.2) is 0 Å². The molecule has 0 radical (unpaired) electrons. The highest BCUT2D eigenvalue weighted by Crippen LogP contribution is 2.29. The first-order valence-corrected chi connectivity index (χ1v) is 5.78. The molecule has 0 aliphatic carbocycles. The monoisotopic (exact) mass is 266 g/mol. The fourth-order valence-electron chi connectivity index (χ4n) is 1.80. The third-order valence-electron chi connectivity index (χ3n) is 2.70. The van der Waals surface area contributed by atoms with Crippen molar-refractivity contribution in [1.29, 1.82) is 0 Å². The van der Waals surface area contributed by atoms with Crippen LogP contribution >= 0.6 is 0 Å². The molecule has 0 saturated carbocycles. The Morgan fingerprint density at radius 1 is 1.11 bits per heavy atom. The van der Waals surface area contributed by atoms with Gasteiger partial charge >= 0.3 is 6.18 Å². The highest BCUT2D eigenvalue weighted by atomic mass is 19.4. The van der Waals surface area contributed by atoms with E-state index >= 15 is 0 Å². The number of nitrogens with one attached hydrogen (secondary N) is 1. The number of hydrogen-bond donors (Lipinski definition) is 1. The maximum atomic E-state index is 12.4. The van der Waals surface area contributed by atoms with Gasteiger partial charge in [0.15, 0.2) is 0 Å². The van der Waals surface area contributed by atoms with Crippen LogP contribution in [0.25, 0.3) is 11.1 Å². The minimum absolute atomic E-state index is 0.672. The number of benzene rings is 1. The minimum atomic E-state index is -4.40. The standard InChI is InChI=1S/C14H13F3N2/c1-18-8-10-3-2-4-11(7-10)12-5-6-13(19-9-12)14(15,16)17/h2-7,9,18H,8H2,1H3. The van der Waals surface area contributed by atoms with Crippen molar-refractivity contribution in [2.24, 2.45) is 0 Å². The van der Waals surface area contributed by atoms with Crippen molar-refractivity contribution in [3.8, 4) is 11.1 Å². The fourth-order valence-corrected chi connectivity index (χ4v) is 1.80. The first-order valence-electron chi connectivity index (χ1n) is 5.78. The van der Waals surface area contributed by atoms with Crippen LogP contribution in [0.2, 0.25) is 0 Å². The van der Waals surface area contributed by atoms with Crippen LogP contribution in [0.5, 0.6) is 0 Å². The van der Waals surface area contributed by atoms with E-state index in [-0.39, 0.29) is 0 Å². The normalized spacial score (nSPS) is 11.6. The molecule has 0 aliphatic heterocycles. The van der Waals surface area contributed by atoms with Gasteiger partial charge < -0.3 is 5.32 Å². The summed E-state index contributed by atoms with van der Waals surface area (Å²) in [6.07, 6.45) is -3.15. The smallest absolute Gasteiger partial charge is 0.316 e. The van der Waals surface area contributed by atoms with Gasteiger partial charge in [-0.05, 0) is 30.3 Å². The lowest BCUT2D eigenvalue weighted by Gasteiger charge is -2.08. The maximum absolute atomic E-state index is 12.4. The molecule has 0 unspecified atom stereocenters. The topological polar surface area (TPSA) is 24.9 Å². The van der Waals surface area contributed by atoms with Gasteiger partial charge in [0, 0.05) is 18.3 Å². The predicted molar refractivity (Wildman–Crippen MR) is 67.4 cm³/mol. The lowest BCUT2D eigenvalue weighted by molar-refractivity contribution is -0.141. The molecule has 2 rings (SSSR count). The predicted octanol–water partition coefficient (Wildman–Crippen LogP) is 3.49. The molecule has 0 bridgehead atoms. The fraction of sp³-hybridized carbons (Fsp3) is 0.214. The second-order valence-corrected chi connectivity index (χ2v) is 4.16. The first-order chi connectivity index (χ1) is 9.00. The minimum Gasteiger partial charge on any atom is -0.316 e. The van der Waals surface area contributed by atoms with Crippen molar-refractivity contribution in [3.63, 3.8) is 0 Å². The number of hydrogen-bond acceptors (Lipinski definition) is 2. The third kappa shape index (κ3) is 3.32. The van der Waals surface area contributed by atoms with E-state index in [1.165, 1.54) is 12.3 Å². The van der Waals surface area contributed by atoms with Crippen LogP contribution in [0.1, 0.15) is 11.3 Å². The molecule has 1 aromatic carbocycles. The number of alkyl halides is 3. The van der Waals surface area contributed by atoms with E-state index in [0.29, 0.717) is 12.1 Å². The first kappa shape index (κ1) is 13.5. The summed E-state index contributed by atoms with van der Waals surface area (Å²) in [6.45, 7) is 0.710. The summed E-state index contributed by atoms with van der Waals surface area (Å²) in [5.74, 6) is 0. The Bertz CT molecular complexity index is 547. The highest BCUT2D eigenvalue weighted by molar-refractivity contribution is 5.63. The zero-order valence-electron chi connectivity index (χ0n) is 10.3. The van der Waals surface area contributed by atoms with Gasteiger partial charge in [0.2, 0.25) is 0 Å². The molecule has 0 saturated heterocycles. The molecule has 19 heavy (non-hydrogen) atoms. The van der Waals surface area contributed by atoms with Crippen LogP contribution in [-0.4, -0.2) is 12.0 Å². The second-order valence-electron chi connectivity index (χ2n) is 4.16. The average molecular weight is 266 g/mol. The molecule has 5 heteroatoms. The third-order valence-corrected chi connectivity index (χ3v) is 2.70.